The highest BCUT2D eigenvalue weighted by atomic mass is 32.1. The van der Waals surface area contributed by atoms with Gasteiger partial charge in [0.25, 0.3) is 0 Å². The Bertz CT molecular complexity index is 922. The highest BCUT2D eigenvalue weighted by Crippen LogP contribution is 2.39. The van der Waals surface area contributed by atoms with E-state index in [0.29, 0.717) is 5.56 Å². The molecule has 0 saturated heterocycles. The molecule has 23 heavy (non-hydrogen) atoms. The van der Waals surface area contributed by atoms with Crippen LogP contribution in [-0.4, -0.2) is 9.97 Å². The maximum atomic E-state index is 9.06. The van der Waals surface area contributed by atoms with Crippen LogP contribution < -0.4 is 5.32 Å². The molecule has 2 aromatic heterocycles. The summed E-state index contributed by atoms with van der Waals surface area (Å²) in [6, 6.07) is 9.98. The molecule has 1 atom stereocenters. The van der Waals surface area contributed by atoms with Crippen molar-refractivity contribution in [3.8, 4) is 6.07 Å². The first-order valence-electron chi connectivity index (χ1n) is 7.78. The smallest absolute Gasteiger partial charge is 0.138 e. The van der Waals surface area contributed by atoms with Crippen LogP contribution >= 0.6 is 11.3 Å². The second kappa shape index (κ2) is 5.64. The number of thiophene rings is 1. The Morgan fingerprint density at radius 3 is 3.09 bits per heavy atom. The molecule has 3 aromatic rings. The number of anilines is 1. The number of hydrogen-bond acceptors (Lipinski definition) is 5. The normalized spacial score (nSPS) is 14.4. The first kappa shape index (κ1) is 14.2. The molecule has 2 heterocycles. The topological polar surface area (TPSA) is 61.6 Å². The monoisotopic (exact) mass is 320 g/mol. The van der Waals surface area contributed by atoms with Gasteiger partial charge in [-0.2, -0.15) is 5.26 Å². The Labute approximate surface area is 138 Å². The van der Waals surface area contributed by atoms with E-state index in [-0.39, 0.29) is 6.04 Å². The van der Waals surface area contributed by atoms with E-state index < -0.39 is 0 Å². The summed E-state index contributed by atoms with van der Waals surface area (Å²) in [7, 11) is 0. The number of benzene rings is 1. The minimum Gasteiger partial charge on any atom is -0.363 e. The maximum Gasteiger partial charge on any atom is 0.138 e. The van der Waals surface area contributed by atoms with Crippen LogP contribution in [0.25, 0.3) is 10.2 Å². The molecule has 0 radical (unpaired) electrons. The van der Waals surface area contributed by atoms with Crippen LogP contribution in [0.5, 0.6) is 0 Å². The molecule has 0 bridgehead atoms. The largest absolute Gasteiger partial charge is 0.363 e. The van der Waals surface area contributed by atoms with E-state index in [1.807, 2.05) is 24.3 Å². The van der Waals surface area contributed by atoms with Crippen molar-refractivity contribution in [1.82, 2.24) is 9.97 Å². The van der Waals surface area contributed by atoms with Crippen LogP contribution in [0.3, 0.4) is 0 Å². The van der Waals surface area contributed by atoms with Gasteiger partial charge >= 0.3 is 0 Å². The second-order valence-corrected chi connectivity index (χ2v) is 6.95. The fourth-order valence-electron chi connectivity index (χ4n) is 3.20. The average molecular weight is 320 g/mol. The van der Waals surface area contributed by atoms with E-state index in [4.69, 9.17) is 5.26 Å². The lowest BCUT2D eigenvalue weighted by Crippen LogP contribution is -2.09. The Morgan fingerprint density at radius 2 is 2.22 bits per heavy atom. The molecule has 1 unspecified atom stereocenters. The van der Waals surface area contributed by atoms with Gasteiger partial charge in [-0.25, -0.2) is 9.97 Å². The van der Waals surface area contributed by atoms with Crippen molar-refractivity contribution in [3.05, 3.63) is 52.2 Å². The van der Waals surface area contributed by atoms with Crippen molar-refractivity contribution in [2.45, 2.75) is 32.2 Å². The molecule has 0 saturated carbocycles. The van der Waals surface area contributed by atoms with Gasteiger partial charge in [-0.3, -0.25) is 0 Å². The van der Waals surface area contributed by atoms with E-state index in [1.54, 1.807) is 17.7 Å². The van der Waals surface area contributed by atoms with Gasteiger partial charge in [-0.05, 0) is 49.4 Å². The van der Waals surface area contributed by atoms with Crippen molar-refractivity contribution >= 4 is 27.4 Å². The quantitative estimate of drug-likeness (QED) is 0.784. The zero-order valence-corrected chi connectivity index (χ0v) is 13.7. The maximum absolute atomic E-state index is 9.06. The summed E-state index contributed by atoms with van der Waals surface area (Å²) in [6.45, 7) is 2.09. The minimum absolute atomic E-state index is 0.0818. The molecular weight excluding hydrogens is 304 g/mol. The van der Waals surface area contributed by atoms with Crippen molar-refractivity contribution in [2.75, 3.05) is 5.32 Å². The van der Waals surface area contributed by atoms with E-state index in [1.165, 1.54) is 22.2 Å². The number of nitrogens with zero attached hydrogens (tertiary/aromatic N) is 3. The van der Waals surface area contributed by atoms with Gasteiger partial charge in [0, 0.05) is 4.88 Å². The zero-order chi connectivity index (χ0) is 15.8. The summed E-state index contributed by atoms with van der Waals surface area (Å²) in [5, 5.41) is 13.8. The van der Waals surface area contributed by atoms with E-state index in [2.05, 4.69) is 28.3 Å². The summed E-state index contributed by atoms with van der Waals surface area (Å²) < 4.78 is 0. The predicted molar refractivity (Wildman–Crippen MR) is 92.6 cm³/mol. The molecule has 114 valence electrons. The number of nitrogens with one attached hydrogen (secondary N) is 1. The van der Waals surface area contributed by atoms with Crippen LogP contribution in [0.2, 0.25) is 0 Å². The second-order valence-electron chi connectivity index (χ2n) is 5.86. The van der Waals surface area contributed by atoms with Crippen molar-refractivity contribution in [2.24, 2.45) is 0 Å². The lowest BCUT2D eigenvalue weighted by atomic mass is 10.1. The average Bonchev–Trinajstić information content (AvgIpc) is 3.16. The molecule has 0 spiro atoms. The molecule has 1 aromatic carbocycles. The SMILES string of the molecule is CC(Nc1ncnc2sc3c(c12)CCC3)c1cccc(C#N)c1. The summed E-state index contributed by atoms with van der Waals surface area (Å²) in [6.07, 6.45) is 5.14. The molecule has 0 fully saturated rings. The van der Waals surface area contributed by atoms with Crippen LogP contribution in [0.4, 0.5) is 5.82 Å². The van der Waals surface area contributed by atoms with Crippen molar-refractivity contribution in [3.63, 3.8) is 0 Å². The molecule has 4 rings (SSSR count). The van der Waals surface area contributed by atoms with Gasteiger partial charge in [-0.15, -0.1) is 11.3 Å². The molecule has 1 aliphatic carbocycles. The molecule has 5 heteroatoms. The summed E-state index contributed by atoms with van der Waals surface area (Å²) in [5.74, 6) is 0.907. The fraction of sp³-hybridized carbons (Fsp3) is 0.278. The number of nitriles is 1. The first-order chi connectivity index (χ1) is 11.3. The molecule has 1 aliphatic rings. The molecule has 1 N–H and O–H groups in total. The van der Waals surface area contributed by atoms with E-state index in [9.17, 15) is 0 Å². The van der Waals surface area contributed by atoms with E-state index >= 15 is 0 Å². The molecule has 0 aliphatic heterocycles. The molecular formula is C18H16N4S. The highest BCUT2D eigenvalue weighted by molar-refractivity contribution is 7.19. The van der Waals surface area contributed by atoms with Gasteiger partial charge in [0.2, 0.25) is 0 Å². The highest BCUT2D eigenvalue weighted by Gasteiger charge is 2.21. The van der Waals surface area contributed by atoms with Gasteiger partial charge in [0.1, 0.15) is 17.0 Å². The standard InChI is InChI=1S/C18H16N4S/c1-11(13-5-2-4-12(8-13)9-19)22-17-16-14-6-3-7-15(14)23-18(16)21-10-20-17/h2,4-5,8,10-11H,3,6-7H2,1H3,(H,20,21,22). The van der Waals surface area contributed by atoms with E-state index in [0.717, 1.165) is 29.1 Å². The van der Waals surface area contributed by atoms with Gasteiger partial charge in [0.15, 0.2) is 0 Å². The van der Waals surface area contributed by atoms with Gasteiger partial charge in [0.05, 0.1) is 23.1 Å². The third kappa shape index (κ3) is 2.45. The number of aryl methyl sites for hydroxylation is 2. The summed E-state index contributed by atoms with van der Waals surface area (Å²) >= 11 is 1.80. The Kier molecular flexibility index (Phi) is 3.47. The van der Waals surface area contributed by atoms with Gasteiger partial charge in [-0.1, -0.05) is 12.1 Å². The Morgan fingerprint density at radius 1 is 1.30 bits per heavy atom. The predicted octanol–water partition coefficient (Wildman–Crippen LogP) is 4.22. The number of hydrogen-bond donors (Lipinski definition) is 1. The fourth-order valence-corrected chi connectivity index (χ4v) is 4.43. The molecule has 0 amide bonds. The number of fused-ring (bicyclic) bond motifs is 3. The summed E-state index contributed by atoms with van der Waals surface area (Å²) in [4.78, 5) is 11.5. The summed E-state index contributed by atoms with van der Waals surface area (Å²) in [5.41, 5.74) is 3.19. The first-order valence-corrected chi connectivity index (χ1v) is 8.60. The Hall–Kier alpha value is -2.45. The third-order valence-corrected chi connectivity index (χ3v) is 5.57. The van der Waals surface area contributed by atoms with Crippen LogP contribution in [0.15, 0.2) is 30.6 Å². The van der Waals surface area contributed by atoms with Crippen LogP contribution in [0, 0.1) is 11.3 Å². The minimum atomic E-state index is 0.0818. The van der Waals surface area contributed by atoms with Crippen molar-refractivity contribution < 1.29 is 0 Å². The third-order valence-electron chi connectivity index (χ3n) is 4.37. The Balaban J connectivity index is 1.71. The number of aromatic nitrogens is 2. The zero-order valence-electron chi connectivity index (χ0n) is 12.8. The lowest BCUT2D eigenvalue weighted by Gasteiger charge is -2.16. The van der Waals surface area contributed by atoms with Crippen LogP contribution in [-0.2, 0) is 12.8 Å². The number of rotatable bonds is 3. The van der Waals surface area contributed by atoms with Crippen molar-refractivity contribution in [1.29, 1.82) is 5.26 Å². The van der Waals surface area contributed by atoms with Gasteiger partial charge < -0.3 is 5.32 Å². The van der Waals surface area contributed by atoms with Crippen LogP contribution in [0.1, 0.15) is 41.0 Å². The molecule has 4 nitrogen and oxygen atoms in total. The lowest BCUT2D eigenvalue weighted by molar-refractivity contribution is 0.874.